The second-order valence-corrected chi connectivity index (χ2v) is 4.16. The van der Waals surface area contributed by atoms with Crippen LogP contribution in [0.15, 0.2) is 16.8 Å². The Labute approximate surface area is 101 Å². The summed E-state index contributed by atoms with van der Waals surface area (Å²) in [5.41, 5.74) is 3.33. The topological polar surface area (TPSA) is 55.9 Å². The smallest absolute Gasteiger partial charge is 0.133 e. The Balaban J connectivity index is 1.89. The van der Waals surface area contributed by atoms with Crippen molar-refractivity contribution < 1.29 is 4.52 Å². The molecule has 0 aliphatic carbocycles. The van der Waals surface area contributed by atoms with Gasteiger partial charge in [-0.25, -0.2) is 0 Å². The lowest BCUT2D eigenvalue weighted by Crippen LogP contribution is -2.13. The van der Waals surface area contributed by atoms with Crippen LogP contribution in [0.25, 0.3) is 0 Å². The van der Waals surface area contributed by atoms with Crippen molar-refractivity contribution in [3.63, 3.8) is 0 Å². The summed E-state index contributed by atoms with van der Waals surface area (Å²) >= 11 is 0. The van der Waals surface area contributed by atoms with Gasteiger partial charge >= 0.3 is 0 Å². The molecule has 0 saturated heterocycles. The fourth-order valence-electron chi connectivity index (χ4n) is 1.86. The van der Waals surface area contributed by atoms with Gasteiger partial charge in [0.2, 0.25) is 0 Å². The Morgan fingerprint density at radius 2 is 2.24 bits per heavy atom. The van der Waals surface area contributed by atoms with Gasteiger partial charge in [-0.3, -0.25) is 4.68 Å². The van der Waals surface area contributed by atoms with Crippen LogP contribution in [0.1, 0.15) is 29.6 Å². The average Bonchev–Trinajstić information content (AvgIpc) is 2.85. The number of hydrogen-bond acceptors (Lipinski definition) is 4. The van der Waals surface area contributed by atoms with E-state index in [9.17, 15) is 0 Å². The molecule has 2 rings (SSSR count). The summed E-state index contributed by atoms with van der Waals surface area (Å²) in [6, 6.07) is 1.94. The molecular weight excluding hydrogens is 216 g/mol. The van der Waals surface area contributed by atoms with Crippen molar-refractivity contribution in [2.75, 3.05) is 0 Å². The van der Waals surface area contributed by atoms with Crippen LogP contribution < -0.4 is 5.32 Å². The largest absolute Gasteiger partial charge is 0.361 e. The second kappa shape index (κ2) is 5.14. The Hall–Kier alpha value is -1.62. The van der Waals surface area contributed by atoms with Crippen LogP contribution in [0, 0.1) is 6.92 Å². The fraction of sp³-hybridized carbons (Fsp3) is 0.500. The molecule has 0 amide bonds. The van der Waals surface area contributed by atoms with Gasteiger partial charge in [0.15, 0.2) is 0 Å². The van der Waals surface area contributed by atoms with Gasteiger partial charge in [-0.15, -0.1) is 0 Å². The molecule has 0 fully saturated rings. The highest BCUT2D eigenvalue weighted by Gasteiger charge is 2.06. The maximum Gasteiger partial charge on any atom is 0.133 e. The third-order valence-electron chi connectivity index (χ3n) is 2.63. The molecule has 0 aliphatic heterocycles. The highest BCUT2D eigenvalue weighted by Crippen LogP contribution is 2.07. The molecule has 0 radical (unpaired) electrons. The third-order valence-corrected chi connectivity index (χ3v) is 2.63. The fourth-order valence-corrected chi connectivity index (χ4v) is 1.86. The lowest BCUT2D eigenvalue weighted by Gasteiger charge is -2.01. The van der Waals surface area contributed by atoms with Crippen molar-refractivity contribution in [1.82, 2.24) is 20.3 Å². The molecule has 0 atom stereocenters. The van der Waals surface area contributed by atoms with E-state index in [0.717, 1.165) is 36.7 Å². The lowest BCUT2D eigenvalue weighted by atomic mass is 10.2. The summed E-state index contributed by atoms with van der Waals surface area (Å²) in [4.78, 5) is 0. The molecular formula is C12H18N4O. The van der Waals surface area contributed by atoms with Gasteiger partial charge in [0.25, 0.3) is 0 Å². The van der Waals surface area contributed by atoms with Crippen molar-refractivity contribution in [3.8, 4) is 0 Å². The van der Waals surface area contributed by atoms with E-state index >= 15 is 0 Å². The van der Waals surface area contributed by atoms with E-state index in [1.807, 2.05) is 24.7 Å². The van der Waals surface area contributed by atoms with E-state index in [1.165, 1.54) is 5.56 Å². The van der Waals surface area contributed by atoms with Crippen LogP contribution in [-0.4, -0.2) is 14.9 Å². The first-order valence-electron chi connectivity index (χ1n) is 5.83. The molecule has 5 heteroatoms. The maximum atomic E-state index is 5.01. The van der Waals surface area contributed by atoms with Gasteiger partial charge in [-0.05, 0) is 13.3 Å². The molecule has 2 aromatic rings. The Kier molecular flexibility index (Phi) is 3.58. The van der Waals surface area contributed by atoms with Crippen LogP contribution in [0.4, 0.5) is 0 Å². The van der Waals surface area contributed by atoms with Crippen molar-refractivity contribution in [2.45, 2.75) is 33.4 Å². The van der Waals surface area contributed by atoms with Gasteiger partial charge in [0.1, 0.15) is 5.76 Å². The molecule has 0 aliphatic rings. The van der Waals surface area contributed by atoms with Gasteiger partial charge in [-0.2, -0.15) is 5.10 Å². The standard InChI is InChI=1S/C12H18N4O/c1-4-12-10(8-16(3)14-12)6-13-7-11-5-9(2)17-15-11/h5,8,13H,4,6-7H2,1-3H3. The van der Waals surface area contributed by atoms with E-state index in [0.29, 0.717) is 0 Å². The number of aromatic nitrogens is 3. The normalized spacial score (nSPS) is 11.0. The van der Waals surface area contributed by atoms with E-state index < -0.39 is 0 Å². The Morgan fingerprint density at radius 1 is 1.41 bits per heavy atom. The van der Waals surface area contributed by atoms with Crippen molar-refractivity contribution in [1.29, 1.82) is 0 Å². The van der Waals surface area contributed by atoms with Gasteiger partial charge in [0.05, 0.1) is 11.4 Å². The SMILES string of the molecule is CCc1nn(C)cc1CNCc1cc(C)on1. The summed E-state index contributed by atoms with van der Waals surface area (Å²) in [5.74, 6) is 0.845. The van der Waals surface area contributed by atoms with Gasteiger partial charge in [0, 0.05) is 38.0 Å². The van der Waals surface area contributed by atoms with Crippen molar-refractivity contribution in [3.05, 3.63) is 35.0 Å². The highest BCUT2D eigenvalue weighted by atomic mass is 16.5. The number of nitrogens with one attached hydrogen (secondary N) is 1. The molecule has 2 aromatic heterocycles. The molecule has 1 N–H and O–H groups in total. The first-order valence-corrected chi connectivity index (χ1v) is 5.83. The van der Waals surface area contributed by atoms with Crippen LogP contribution in [0.5, 0.6) is 0 Å². The maximum absolute atomic E-state index is 5.01. The summed E-state index contributed by atoms with van der Waals surface area (Å²) in [6.07, 6.45) is 3.01. The van der Waals surface area contributed by atoms with E-state index in [2.05, 4.69) is 28.7 Å². The zero-order valence-electron chi connectivity index (χ0n) is 10.5. The van der Waals surface area contributed by atoms with E-state index in [4.69, 9.17) is 4.52 Å². The molecule has 0 spiro atoms. The molecule has 0 unspecified atom stereocenters. The molecule has 92 valence electrons. The number of rotatable bonds is 5. The summed E-state index contributed by atoms with van der Waals surface area (Å²) < 4.78 is 6.87. The monoisotopic (exact) mass is 234 g/mol. The predicted molar refractivity (Wildman–Crippen MR) is 64.4 cm³/mol. The zero-order valence-corrected chi connectivity index (χ0v) is 10.5. The predicted octanol–water partition coefficient (Wildman–Crippen LogP) is 1.57. The van der Waals surface area contributed by atoms with Gasteiger partial charge < -0.3 is 9.84 Å². The Bertz CT molecular complexity index is 486. The first kappa shape index (κ1) is 11.9. The third kappa shape index (κ3) is 2.94. The minimum Gasteiger partial charge on any atom is -0.361 e. The quantitative estimate of drug-likeness (QED) is 0.853. The lowest BCUT2D eigenvalue weighted by molar-refractivity contribution is 0.388. The first-order chi connectivity index (χ1) is 8.19. The molecule has 17 heavy (non-hydrogen) atoms. The van der Waals surface area contributed by atoms with Crippen LogP contribution in [0.3, 0.4) is 0 Å². The Morgan fingerprint density at radius 3 is 2.88 bits per heavy atom. The average molecular weight is 234 g/mol. The summed E-state index contributed by atoms with van der Waals surface area (Å²) in [6.45, 7) is 5.54. The number of nitrogens with zero attached hydrogens (tertiary/aromatic N) is 3. The molecule has 0 saturated carbocycles. The van der Waals surface area contributed by atoms with Crippen molar-refractivity contribution in [2.24, 2.45) is 7.05 Å². The van der Waals surface area contributed by atoms with Crippen LogP contribution in [-0.2, 0) is 26.6 Å². The molecule has 0 bridgehead atoms. The number of aryl methyl sites for hydroxylation is 3. The minimum absolute atomic E-state index is 0.718. The van der Waals surface area contributed by atoms with E-state index in [-0.39, 0.29) is 0 Å². The summed E-state index contributed by atoms with van der Waals surface area (Å²) in [7, 11) is 1.95. The summed E-state index contributed by atoms with van der Waals surface area (Å²) in [5, 5.41) is 11.7. The highest BCUT2D eigenvalue weighted by molar-refractivity contribution is 5.16. The molecule has 2 heterocycles. The second-order valence-electron chi connectivity index (χ2n) is 4.16. The van der Waals surface area contributed by atoms with Crippen molar-refractivity contribution >= 4 is 0 Å². The van der Waals surface area contributed by atoms with Gasteiger partial charge in [-0.1, -0.05) is 12.1 Å². The van der Waals surface area contributed by atoms with Crippen LogP contribution in [0.2, 0.25) is 0 Å². The van der Waals surface area contributed by atoms with Crippen LogP contribution >= 0.6 is 0 Å². The molecule has 5 nitrogen and oxygen atoms in total. The zero-order chi connectivity index (χ0) is 12.3. The van der Waals surface area contributed by atoms with E-state index in [1.54, 1.807) is 0 Å². The molecule has 0 aromatic carbocycles. The minimum atomic E-state index is 0.718. The number of hydrogen-bond donors (Lipinski definition) is 1.